The molecule has 0 aliphatic heterocycles. The van der Waals surface area contributed by atoms with Gasteiger partial charge in [-0.05, 0) is 61.4 Å². The van der Waals surface area contributed by atoms with Gasteiger partial charge in [-0.3, -0.25) is 4.79 Å². The van der Waals surface area contributed by atoms with E-state index < -0.39 is 0 Å². The molecule has 3 rings (SSSR count). The summed E-state index contributed by atoms with van der Waals surface area (Å²) in [5, 5.41) is 3.43. The Bertz CT molecular complexity index is 820. The van der Waals surface area contributed by atoms with Crippen molar-refractivity contribution in [1.82, 2.24) is 4.98 Å². The number of thioether (sulfide) groups is 1. The first-order valence-corrected chi connectivity index (χ1v) is 8.87. The second kappa shape index (κ2) is 6.68. The highest BCUT2D eigenvalue weighted by molar-refractivity contribution is 8.00. The van der Waals surface area contributed by atoms with Crippen LogP contribution in [0.2, 0.25) is 0 Å². The van der Waals surface area contributed by atoms with Crippen LogP contribution in [-0.2, 0) is 4.79 Å². The Labute approximate surface area is 141 Å². The normalized spacial score (nSPS) is 10.9. The number of halogens is 1. The molecule has 1 N–H and O–H groups in total. The molecule has 0 aliphatic rings. The number of aryl methyl sites for hydroxylation is 2. The minimum absolute atomic E-state index is 0.119. The number of hydrogen-bond acceptors (Lipinski definition) is 4. The van der Waals surface area contributed by atoms with Gasteiger partial charge >= 0.3 is 0 Å². The third-order valence-electron chi connectivity index (χ3n) is 3.43. The Balaban J connectivity index is 1.64. The largest absolute Gasteiger partial charge is 0.301 e. The van der Waals surface area contributed by atoms with Gasteiger partial charge in [-0.1, -0.05) is 11.3 Å². The summed E-state index contributed by atoms with van der Waals surface area (Å²) >= 11 is 2.84. The number of benzene rings is 2. The summed E-state index contributed by atoms with van der Waals surface area (Å²) in [6.07, 6.45) is 0. The fraction of sp³-hybridized carbons (Fsp3) is 0.176. The zero-order chi connectivity index (χ0) is 16.4. The third kappa shape index (κ3) is 3.89. The van der Waals surface area contributed by atoms with Crippen molar-refractivity contribution in [2.45, 2.75) is 18.7 Å². The van der Waals surface area contributed by atoms with E-state index >= 15 is 0 Å². The van der Waals surface area contributed by atoms with Gasteiger partial charge in [0.1, 0.15) is 5.82 Å². The fourth-order valence-electron chi connectivity index (χ4n) is 2.07. The average Bonchev–Trinajstić information content (AvgIpc) is 2.88. The molecule has 0 atom stereocenters. The molecule has 0 saturated carbocycles. The molecule has 0 aliphatic carbocycles. The van der Waals surface area contributed by atoms with Gasteiger partial charge in [0.05, 0.1) is 16.0 Å². The lowest BCUT2D eigenvalue weighted by molar-refractivity contribution is -0.113. The predicted octanol–water partition coefficient (Wildman–Crippen LogP) is 4.78. The second-order valence-corrected chi connectivity index (χ2v) is 7.29. The van der Waals surface area contributed by atoms with Gasteiger partial charge in [0.2, 0.25) is 5.91 Å². The quantitative estimate of drug-likeness (QED) is 0.691. The number of thiazole rings is 1. The molecule has 23 heavy (non-hydrogen) atoms. The minimum Gasteiger partial charge on any atom is -0.301 e. The molecule has 0 radical (unpaired) electrons. The molecule has 3 aromatic rings. The lowest BCUT2D eigenvalue weighted by Gasteiger charge is -2.02. The smallest absolute Gasteiger partial charge is 0.236 e. The highest BCUT2D eigenvalue weighted by Gasteiger charge is 2.09. The molecular formula is C17H15FN2OS2. The molecule has 118 valence electrons. The van der Waals surface area contributed by atoms with E-state index in [1.807, 2.05) is 13.0 Å². The first kappa shape index (κ1) is 16.0. The van der Waals surface area contributed by atoms with Crippen LogP contribution in [0.15, 0.2) is 41.3 Å². The highest BCUT2D eigenvalue weighted by atomic mass is 32.2. The molecule has 2 aromatic carbocycles. The molecule has 0 bridgehead atoms. The Morgan fingerprint density at radius 2 is 1.91 bits per heavy atom. The summed E-state index contributed by atoms with van der Waals surface area (Å²) in [5.41, 5.74) is 3.30. The van der Waals surface area contributed by atoms with Crippen LogP contribution in [0.4, 0.5) is 9.52 Å². The van der Waals surface area contributed by atoms with E-state index in [0.29, 0.717) is 5.13 Å². The lowest BCUT2D eigenvalue weighted by Crippen LogP contribution is -2.13. The van der Waals surface area contributed by atoms with Crippen LogP contribution in [0.25, 0.3) is 10.2 Å². The monoisotopic (exact) mass is 346 g/mol. The van der Waals surface area contributed by atoms with Gasteiger partial charge in [0.25, 0.3) is 0 Å². The van der Waals surface area contributed by atoms with Crippen molar-refractivity contribution in [2.75, 3.05) is 11.1 Å². The topological polar surface area (TPSA) is 42.0 Å². The SMILES string of the molecule is Cc1cc2nc(NC(=O)CSc3ccc(F)cc3)sc2cc1C. The van der Waals surface area contributed by atoms with Crippen LogP contribution in [0.3, 0.4) is 0 Å². The maximum absolute atomic E-state index is 12.8. The van der Waals surface area contributed by atoms with Crippen LogP contribution in [-0.4, -0.2) is 16.6 Å². The molecule has 1 aromatic heterocycles. The molecule has 0 saturated heterocycles. The Morgan fingerprint density at radius 1 is 1.22 bits per heavy atom. The van der Waals surface area contributed by atoms with Crippen molar-refractivity contribution in [3.8, 4) is 0 Å². The second-order valence-electron chi connectivity index (χ2n) is 5.21. The number of rotatable bonds is 4. The Hall–Kier alpha value is -1.92. The Kier molecular flexibility index (Phi) is 4.63. The minimum atomic E-state index is -0.279. The zero-order valence-corrected chi connectivity index (χ0v) is 14.4. The molecule has 3 nitrogen and oxygen atoms in total. The summed E-state index contributed by atoms with van der Waals surface area (Å²) in [6.45, 7) is 4.11. The number of carbonyl (C=O) groups excluding carboxylic acids is 1. The standard InChI is InChI=1S/C17H15FN2OS2/c1-10-7-14-15(8-11(10)2)23-17(19-14)20-16(21)9-22-13-5-3-12(18)4-6-13/h3-8H,9H2,1-2H3,(H,19,20,21). The summed E-state index contributed by atoms with van der Waals surface area (Å²) in [4.78, 5) is 17.3. The van der Waals surface area contributed by atoms with Gasteiger partial charge in [0, 0.05) is 4.90 Å². The van der Waals surface area contributed by atoms with Crippen LogP contribution in [0.5, 0.6) is 0 Å². The number of amides is 1. The van der Waals surface area contributed by atoms with Gasteiger partial charge in [-0.25, -0.2) is 9.37 Å². The third-order valence-corrected chi connectivity index (χ3v) is 5.38. The lowest BCUT2D eigenvalue weighted by atomic mass is 10.1. The molecule has 0 fully saturated rings. The van der Waals surface area contributed by atoms with E-state index in [1.54, 1.807) is 12.1 Å². The summed E-state index contributed by atoms with van der Waals surface area (Å²) in [5.74, 6) is -0.134. The Morgan fingerprint density at radius 3 is 2.65 bits per heavy atom. The van der Waals surface area contributed by atoms with Gasteiger partial charge < -0.3 is 5.32 Å². The summed E-state index contributed by atoms with van der Waals surface area (Å²) in [6, 6.07) is 10.2. The number of carbonyl (C=O) groups is 1. The van der Waals surface area contributed by atoms with Crippen LogP contribution in [0.1, 0.15) is 11.1 Å². The highest BCUT2D eigenvalue weighted by Crippen LogP contribution is 2.28. The number of fused-ring (bicyclic) bond motifs is 1. The van der Waals surface area contributed by atoms with Crippen molar-refractivity contribution in [3.05, 3.63) is 53.3 Å². The summed E-state index contributed by atoms with van der Waals surface area (Å²) < 4.78 is 13.9. The molecule has 6 heteroatoms. The van der Waals surface area contributed by atoms with E-state index in [2.05, 4.69) is 23.3 Å². The van der Waals surface area contributed by atoms with Crippen LogP contribution in [0, 0.1) is 19.7 Å². The van der Waals surface area contributed by atoms with Crippen LogP contribution >= 0.6 is 23.1 Å². The van der Waals surface area contributed by atoms with E-state index in [-0.39, 0.29) is 17.5 Å². The van der Waals surface area contributed by atoms with Crippen LogP contribution < -0.4 is 5.32 Å². The van der Waals surface area contributed by atoms with Gasteiger partial charge in [0.15, 0.2) is 5.13 Å². The number of anilines is 1. The zero-order valence-electron chi connectivity index (χ0n) is 12.7. The van der Waals surface area contributed by atoms with Crippen molar-refractivity contribution >= 4 is 44.4 Å². The summed E-state index contributed by atoms with van der Waals surface area (Å²) in [7, 11) is 0. The van der Waals surface area contributed by atoms with Crippen molar-refractivity contribution in [2.24, 2.45) is 0 Å². The number of hydrogen-bond donors (Lipinski definition) is 1. The van der Waals surface area contributed by atoms with E-state index in [1.165, 1.54) is 46.4 Å². The fourth-order valence-corrected chi connectivity index (χ4v) is 3.73. The average molecular weight is 346 g/mol. The molecule has 0 spiro atoms. The van der Waals surface area contributed by atoms with Crippen molar-refractivity contribution < 1.29 is 9.18 Å². The maximum Gasteiger partial charge on any atom is 0.236 e. The first-order chi connectivity index (χ1) is 11.0. The van der Waals surface area contributed by atoms with Crippen molar-refractivity contribution in [1.29, 1.82) is 0 Å². The van der Waals surface area contributed by atoms with Gasteiger partial charge in [-0.2, -0.15) is 0 Å². The number of nitrogens with one attached hydrogen (secondary N) is 1. The number of aromatic nitrogens is 1. The first-order valence-electron chi connectivity index (χ1n) is 7.07. The molecule has 1 amide bonds. The van der Waals surface area contributed by atoms with E-state index in [4.69, 9.17) is 0 Å². The maximum atomic E-state index is 12.8. The number of nitrogens with zero attached hydrogens (tertiary/aromatic N) is 1. The molecule has 1 heterocycles. The van der Waals surface area contributed by atoms with E-state index in [9.17, 15) is 9.18 Å². The predicted molar refractivity (Wildman–Crippen MR) is 94.8 cm³/mol. The van der Waals surface area contributed by atoms with Crippen molar-refractivity contribution in [3.63, 3.8) is 0 Å². The molecule has 0 unspecified atom stereocenters. The molecular weight excluding hydrogens is 331 g/mol. The van der Waals surface area contributed by atoms with E-state index in [0.717, 1.165) is 15.1 Å². The van der Waals surface area contributed by atoms with Gasteiger partial charge in [-0.15, -0.1) is 11.8 Å².